The number of nitrogen functional groups attached to an aromatic ring is 1. The third-order valence-corrected chi connectivity index (χ3v) is 3.78. The Morgan fingerprint density at radius 1 is 1.24 bits per heavy atom. The lowest BCUT2D eigenvalue weighted by Gasteiger charge is -2.20. The van der Waals surface area contributed by atoms with Crippen LogP contribution in [-0.4, -0.2) is 25.2 Å². The lowest BCUT2D eigenvalue weighted by Crippen LogP contribution is -2.25. The maximum absolute atomic E-state index is 6.08. The molecule has 4 nitrogen and oxygen atoms in total. The molecule has 2 N–H and O–H groups in total. The molecule has 2 aromatic rings. The molecule has 3 rings (SSSR count). The highest BCUT2D eigenvalue weighted by molar-refractivity contribution is 5.50. The van der Waals surface area contributed by atoms with Gasteiger partial charge in [0.25, 0.3) is 0 Å². The number of methoxy groups -OCH3 is 1. The van der Waals surface area contributed by atoms with Crippen molar-refractivity contribution >= 4 is 5.69 Å². The highest BCUT2D eigenvalue weighted by Gasteiger charge is 2.16. The van der Waals surface area contributed by atoms with Crippen LogP contribution in [0.5, 0.6) is 11.5 Å². The van der Waals surface area contributed by atoms with Crippen LogP contribution in [0, 0.1) is 0 Å². The Morgan fingerprint density at radius 3 is 2.95 bits per heavy atom. The van der Waals surface area contributed by atoms with Crippen molar-refractivity contribution < 1.29 is 9.47 Å². The standard InChI is InChI=1S/C17H20N2O2/c1-20-15-6-7-16(18)14(10-15)12-19-8-9-21-17-5-3-2-4-13(17)11-19/h2-7,10H,8-9,11-12,18H2,1H3. The molecule has 2 aromatic carbocycles. The Bertz CT molecular complexity index is 628. The molecule has 0 unspecified atom stereocenters. The molecule has 0 bridgehead atoms. The molecule has 0 saturated heterocycles. The number of ether oxygens (including phenoxy) is 2. The number of para-hydroxylation sites is 1. The SMILES string of the molecule is COc1ccc(N)c(CN2CCOc3ccccc3C2)c1. The van der Waals surface area contributed by atoms with Gasteiger partial charge in [0.05, 0.1) is 7.11 Å². The average Bonchev–Trinajstić information content (AvgIpc) is 2.71. The van der Waals surface area contributed by atoms with Crippen LogP contribution < -0.4 is 15.2 Å². The van der Waals surface area contributed by atoms with Gasteiger partial charge in [0.2, 0.25) is 0 Å². The van der Waals surface area contributed by atoms with Gasteiger partial charge < -0.3 is 15.2 Å². The first-order valence-electron chi connectivity index (χ1n) is 7.12. The fourth-order valence-corrected chi connectivity index (χ4v) is 2.60. The maximum atomic E-state index is 6.08. The van der Waals surface area contributed by atoms with E-state index in [-0.39, 0.29) is 0 Å². The zero-order chi connectivity index (χ0) is 14.7. The minimum Gasteiger partial charge on any atom is -0.497 e. The number of hydrogen-bond donors (Lipinski definition) is 1. The van der Waals surface area contributed by atoms with E-state index in [2.05, 4.69) is 11.0 Å². The minimum atomic E-state index is 0.695. The smallest absolute Gasteiger partial charge is 0.123 e. The molecule has 1 aliphatic rings. The molecule has 21 heavy (non-hydrogen) atoms. The molecule has 1 heterocycles. The van der Waals surface area contributed by atoms with Gasteiger partial charge in [0.1, 0.15) is 18.1 Å². The largest absolute Gasteiger partial charge is 0.497 e. The summed E-state index contributed by atoms with van der Waals surface area (Å²) in [5, 5.41) is 0. The second-order valence-corrected chi connectivity index (χ2v) is 5.23. The summed E-state index contributed by atoms with van der Waals surface area (Å²) in [6, 6.07) is 14.0. The molecule has 0 fully saturated rings. The van der Waals surface area contributed by atoms with E-state index >= 15 is 0 Å². The van der Waals surface area contributed by atoms with E-state index in [4.69, 9.17) is 15.2 Å². The zero-order valence-corrected chi connectivity index (χ0v) is 12.2. The third-order valence-electron chi connectivity index (χ3n) is 3.78. The fourth-order valence-electron chi connectivity index (χ4n) is 2.60. The lowest BCUT2D eigenvalue weighted by molar-refractivity contribution is 0.219. The van der Waals surface area contributed by atoms with Gasteiger partial charge in [-0.1, -0.05) is 18.2 Å². The van der Waals surface area contributed by atoms with Crippen LogP contribution in [0.3, 0.4) is 0 Å². The first kappa shape index (κ1) is 13.8. The third kappa shape index (κ3) is 3.11. The summed E-state index contributed by atoms with van der Waals surface area (Å²) < 4.78 is 11.1. The average molecular weight is 284 g/mol. The first-order chi connectivity index (χ1) is 10.3. The van der Waals surface area contributed by atoms with Crippen molar-refractivity contribution in [2.75, 3.05) is 26.0 Å². The van der Waals surface area contributed by atoms with E-state index in [0.717, 1.165) is 42.4 Å². The Labute approximate surface area is 125 Å². The van der Waals surface area contributed by atoms with E-state index in [9.17, 15) is 0 Å². The van der Waals surface area contributed by atoms with Crippen LogP contribution >= 0.6 is 0 Å². The summed E-state index contributed by atoms with van der Waals surface area (Å²) in [6.07, 6.45) is 0. The van der Waals surface area contributed by atoms with Crippen LogP contribution in [-0.2, 0) is 13.1 Å². The Kier molecular flexibility index (Phi) is 3.97. The molecule has 0 aromatic heterocycles. The summed E-state index contributed by atoms with van der Waals surface area (Å²) >= 11 is 0. The first-order valence-corrected chi connectivity index (χ1v) is 7.12. The van der Waals surface area contributed by atoms with Crippen LogP contribution in [0.1, 0.15) is 11.1 Å². The lowest BCUT2D eigenvalue weighted by atomic mass is 10.1. The number of nitrogens with two attached hydrogens (primary N) is 1. The zero-order valence-electron chi connectivity index (χ0n) is 12.2. The summed E-state index contributed by atoms with van der Waals surface area (Å²) in [6.45, 7) is 3.24. The highest BCUT2D eigenvalue weighted by atomic mass is 16.5. The molecule has 1 aliphatic heterocycles. The minimum absolute atomic E-state index is 0.695. The van der Waals surface area contributed by atoms with Crippen molar-refractivity contribution in [1.82, 2.24) is 4.90 Å². The Morgan fingerprint density at radius 2 is 2.10 bits per heavy atom. The van der Waals surface area contributed by atoms with Gasteiger partial charge in [-0.15, -0.1) is 0 Å². The van der Waals surface area contributed by atoms with E-state index in [0.29, 0.717) is 6.61 Å². The number of fused-ring (bicyclic) bond motifs is 1. The van der Waals surface area contributed by atoms with Crippen molar-refractivity contribution in [2.24, 2.45) is 0 Å². The number of benzene rings is 2. The normalized spacial score (nSPS) is 14.9. The predicted molar refractivity (Wildman–Crippen MR) is 83.5 cm³/mol. The van der Waals surface area contributed by atoms with Gasteiger partial charge >= 0.3 is 0 Å². The summed E-state index contributed by atoms with van der Waals surface area (Å²) in [5.41, 5.74) is 9.19. The molecular weight excluding hydrogens is 264 g/mol. The van der Waals surface area contributed by atoms with Crippen molar-refractivity contribution in [1.29, 1.82) is 0 Å². The summed E-state index contributed by atoms with van der Waals surface area (Å²) in [7, 11) is 1.67. The Balaban J connectivity index is 1.79. The molecule has 0 atom stereocenters. The number of anilines is 1. The molecule has 0 amide bonds. The molecule has 0 radical (unpaired) electrons. The molecule has 0 saturated carbocycles. The second-order valence-electron chi connectivity index (χ2n) is 5.23. The molecule has 110 valence electrons. The van der Waals surface area contributed by atoms with Crippen molar-refractivity contribution in [3.05, 3.63) is 53.6 Å². The van der Waals surface area contributed by atoms with Gasteiger partial charge in [-0.05, 0) is 29.8 Å². The van der Waals surface area contributed by atoms with Crippen molar-refractivity contribution in [3.63, 3.8) is 0 Å². The summed E-state index contributed by atoms with van der Waals surface area (Å²) in [5.74, 6) is 1.82. The quantitative estimate of drug-likeness (QED) is 0.880. The van der Waals surface area contributed by atoms with Crippen LogP contribution in [0.4, 0.5) is 5.69 Å². The van der Waals surface area contributed by atoms with Gasteiger partial charge in [0.15, 0.2) is 0 Å². The number of nitrogens with zero attached hydrogens (tertiary/aromatic N) is 1. The number of hydrogen-bond acceptors (Lipinski definition) is 4. The van der Waals surface area contributed by atoms with Crippen molar-refractivity contribution in [3.8, 4) is 11.5 Å². The van der Waals surface area contributed by atoms with E-state index in [1.807, 2.05) is 36.4 Å². The van der Waals surface area contributed by atoms with Crippen LogP contribution in [0.25, 0.3) is 0 Å². The van der Waals surface area contributed by atoms with Gasteiger partial charge in [-0.3, -0.25) is 4.90 Å². The molecule has 0 spiro atoms. The number of rotatable bonds is 3. The predicted octanol–water partition coefficient (Wildman–Crippen LogP) is 2.67. The van der Waals surface area contributed by atoms with Crippen LogP contribution in [0.15, 0.2) is 42.5 Å². The molecular formula is C17H20N2O2. The Hall–Kier alpha value is -2.20. The van der Waals surface area contributed by atoms with Gasteiger partial charge in [0, 0.05) is 30.9 Å². The monoisotopic (exact) mass is 284 g/mol. The van der Waals surface area contributed by atoms with E-state index in [1.54, 1.807) is 7.11 Å². The van der Waals surface area contributed by atoms with E-state index < -0.39 is 0 Å². The van der Waals surface area contributed by atoms with Crippen molar-refractivity contribution in [2.45, 2.75) is 13.1 Å². The highest BCUT2D eigenvalue weighted by Crippen LogP contribution is 2.26. The van der Waals surface area contributed by atoms with E-state index in [1.165, 1.54) is 5.56 Å². The van der Waals surface area contributed by atoms with Gasteiger partial charge in [-0.25, -0.2) is 0 Å². The molecule has 4 heteroatoms. The van der Waals surface area contributed by atoms with Gasteiger partial charge in [-0.2, -0.15) is 0 Å². The maximum Gasteiger partial charge on any atom is 0.123 e. The second kappa shape index (κ2) is 6.06. The molecule has 0 aliphatic carbocycles. The fraction of sp³-hybridized carbons (Fsp3) is 0.294. The van der Waals surface area contributed by atoms with Crippen LogP contribution in [0.2, 0.25) is 0 Å². The summed E-state index contributed by atoms with van der Waals surface area (Å²) in [4.78, 5) is 2.34. The topological polar surface area (TPSA) is 47.7 Å².